The molecule has 100 valence electrons. The molecule has 1 heterocycles. The highest BCUT2D eigenvalue weighted by molar-refractivity contribution is 5.65. The van der Waals surface area contributed by atoms with E-state index in [1.54, 1.807) is 0 Å². The molecular weight excluding hydrogens is 244 g/mol. The normalized spacial score (nSPS) is 18.6. The second-order valence-corrected chi connectivity index (χ2v) is 4.79. The number of rotatable bonds is 2. The summed E-state index contributed by atoms with van der Waals surface area (Å²) in [5, 5.41) is 6.94. The van der Waals surface area contributed by atoms with E-state index in [0.717, 1.165) is 24.5 Å². The molecule has 1 saturated heterocycles. The second kappa shape index (κ2) is 6.11. The summed E-state index contributed by atoms with van der Waals surface area (Å²) in [5.74, 6) is 0. The minimum Gasteiger partial charge on any atom is -0.382 e. The highest BCUT2D eigenvalue weighted by atomic mass is 15.0. The molecule has 2 aromatic rings. The maximum absolute atomic E-state index is 3.47. The van der Waals surface area contributed by atoms with Crippen molar-refractivity contribution in [3.8, 4) is 0 Å². The van der Waals surface area contributed by atoms with E-state index in [1.165, 1.54) is 11.1 Å². The van der Waals surface area contributed by atoms with Crippen molar-refractivity contribution in [2.75, 3.05) is 13.1 Å². The topological polar surface area (TPSA) is 24.1 Å². The molecule has 2 heteroatoms. The number of nitrogens with one attached hydrogen (secondary N) is 2. The van der Waals surface area contributed by atoms with E-state index >= 15 is 0 Å². The van der Waals surface area contributed by atoms with Gasteiger partial charge in [0, 0.05) is 13.1 Å². The number of benzene rings is 2. The lowest BCUT2D eigenvalue weighted by Gasteiger charge is -2.23. The van der Waals surface area contributed by atoms with Crippen LogP contribution in [-0.2, 0) is 0 Å². The fourth-order valence-electron chi connectivity index (χ4n) is 2.27. The average Bonchev–Trinajstić information content (AvgIpc) is 2.51. The molecular formula is C18H18N2. The zero-order chi connectivity index (χ0) is 13.6. The molecule has 0 radical (unpaired) electrons. The first-order valence-electron chi connectivity index (χ1n) is 6.93. The summed E-state index contributed by atoms with van der Waals surface area (Å²) in [5.41, 5.74) is 4.70. The summed E-state index contributed by atoms with van der Waals surface area (Å²) in [6.07, 6.45) is 4.36. The van der Waals surface area contributed by atoms with Crippen molar-refractivity contribution in [1.82, 2.24) is 10.6 Å². The van der Waals surface area contributed by atoms with Crippen LogP contribution in [-0.4, -0.2) is 13.1 Å². The van der Waals surface area contributed by atoms with Crippen LogP contribution in [0, 0.1) is 0 Å². The van der Waals surface area contributed by atoms with E-state index < -0.39 is 0 Å². The van der Waals surface area contributed by atoms with Crippen LogP contribution in [0.3, 0.4) is 0 Å². The molecule has 2 N–H and O–H groups in total. The molecule has 1 fully saturated rings. The van der Waals surface area contributed by atoms with E-state index in [-0.39, 0.29) is 0 Å². The van der Waals surface area contributed by atoms with Gasteiger partial charge in [-0.05, 0) is 23.3 Å². The molecule has 1 aliphatic rings. The molecule has 3 rings (SSSR count). The molecule has 0 spiro atoms. The van der Waals surface area contributed by atoms with Crippen LogP contribution >= 0.6 is 0 Å². The van der Waals surface area contributed by atoms with Gasteiger partial charge in [0.2, 0.25) is 0 Å². The van der Waals surface area contributed by atoms with Gasteiger partial charge in [-0.15, -0.1) is 0 Å². The van der Waals surface area contributed by atoms with Gasteiger partial charge in [0.25, 0.3) is 0 Å². The number of hydrogen-bond acceptors (Lipinski definition) is 2. The maximum Gasteiger partial charge on any atom is 0.0582 e. The van der Waals surface area contributed by atoms with Crippen molar-refractivity contribution in [3.05, 3.63) is 83.2 Å². The molecule has 0 saturated carbocycles. The Kier molecular flexibility index (Phi) is 3.83. The summed E-state index contributed by atoms with van der Waals surface area (Å²) in [6, 6.07) is 20.8. The maximum atomic E-state index is 3.47. The lowest BCUT2D eigenvalue weighted by Crippen LogP contribution is -2.36. The van der Waals surface area contributed by atoms with Crippen LogP contribution in [0.2, 0.25) is 0 Å². The lowest BCUT2D eigenvalue weighted by atomic mass is 10.1. The zero-order valence-electron chi connectivity index (χ0n) is 11.3. The molecule has 0 bridgehead atoms. The Balaban J connectivity index is 1.92. The van der Waals surface area contributed by atoms with Gasteiger partial charge in [0.1, 0.15) is 0 Å². The van der Waals surface area contributed by atoms with E-state index in [1.807, 2.05) is 12.1 Å². The molecule has 0 amide bonds. The van der Waals surface area contributed by atoms with Gasteiger partial charge in [0.15, 0.2) is 0 Å². The molecule has 2 nitrogen and oxygen atoms in total. The minimum absolute atomic E-state index is 0.949. The zero-order valence-corrected chi connectivity index (χ0v) is 11.3. The van der Waals surface area contributed by atoms with Crippen LogP contribution < -0.4 is 10.6 Å². The highest BCUT2D eigenvalue weighted by Crippen LogP contribution is 2.16. The third kappa shape index (κ3) is 3.09. The van der Waals surface area contributed by atoms with Crippen LogP contribution in [0.1, 0.15) is 11.1 Å². The van der Waals surface area contributed by atoms with E-state index in [0.29, 0.717) is 0 Å². The Hall–Kier alpha value is -2.48. The fraction of sp³-hybridized carbons (Fsp3) is 0.111. The Morgan fingerprint density at radius 3 is 1.40 bits per heavy atom. The second-order valence-electron chi connectivity index (χ2n) is 4.79. The van der Waals surface area contributed by atoms with Gasteiger partial charge in [-0.25, -0.2) is 0 Å². The standard InChI is InChI=1S/C18H18N2/c1-3-7-15(8-4-1)13-17-18(20-12-11-19-17)14-16-9-5-2-6-10-16/h1-10,13-14,19-20H,11-12H2. The summed E-state index contributed by atoms with van der Waals surface area (Å²) >= 11 is 0. The highest BCUT2D eigenvalue weighted by Gasteiger charge is 2.09. The molecule has 0 aromatic heterocycles. The minimum atomic E-state index is 0.949. The van der Waals surface area contributed by atoms with Gasteiger partial charge >= 0.3 is 0 Å². The smallest absolute Gasteiger partial charge is 0.0582 e. The van der Waals surface area contributed by atoms with Crippen molar-refractivity contribution in [1.29, 1.82) is 0 Å². The Morgan fingerprint density at radius 2 is 1.00 bits per heavy atom. The number of piperazine rings is 1. The number of hydrogen-bond donors (Lipinski definition) is 2. The van der Waals surface area contributed by atoms with Crippen LogP contribution in [0.25, 0.3) is 12.2 Å². The first-order valence-corrected chi connectivity index (χ1v) is 6.93. The van der Waals surface area contributed by atoms with Gasteiger partial charge in [-0.2, -0.15) is 0 Å². The first kappa shape index (κ1) is 12.5. The van der Waals surface area contributed by atoms with Crippen molar-refractivity contribution in [2.45, 2.75) is 0 Å². The predicted molar refractivity (Wildman–Crippen MR) is 84.8 cm³/mol. The SMILES string of the molecule is C(=C1NCCNC1=Cc1ccccc1)c1ccccc1. The Labute approximate surface area is 119 Å². The molecule has 0 aliphatic carbocycles. The van der Waals surface area contributed by atoms with Crippen molar-refractivity contribution in [2.24, 2.45) is 0 Å². The predicted octanol–water partition coefficient (Wildman–Crippen LogP) is 3.26. The summed E-state index contributed by atoms with van der Waals surface area (Å²) in [6.45, 7) is 1.90. The largest absolute Gasteiger partial charge is 0.382 e. The van der Waals surface area contributed by atoms with E-state index in [4.69, 9.17) is 0 Å². The van der Waals surface area contributed by atoms with Crippen molar-refractivity contribution < 1.29 is 0 Å². The summed E-state index contributed by atoms with van der Waals surface area (Å²) in [4.78, 5) is 0. The lowest BCUT2D eigenvalue weighted by molar-refractivity contribution is 0.665. The molecule has 20 heavy (non-hydrogen) atoms. The monoisotopic (exact) mass is 262 g/mol. The molecule has 0 unspecified atom stereocenters. The molecule has 1 aliphatic heterocycles. The fourth-order valence-corrected chi connectivity index (χ4v) is 2.27. The summed E-state index contributed by atoms with van der Waals surface area (Å²) in [7, 11) is 0. The van der Waals surface area contributed by atoms with Crippen LogP contribution in [0.15, 0.2) is 72.1 Å². The van der Waals surface area contributed by atoms with Crippen molar-refractivity contribution in [3.63, 3.8) is 0 Å². The van der Waals surface area contributed by atoms with Gasteiger partial charge in [-0.3, -0.25) is 0 Å². The Morgan fingerprint density at radius 1 is 0.600 bits per heavy atom. The van der Waals surface area contributed by atoms with Gasteiger partial charge in [-0.1, -0.05) is 60.7 Å². The first-order chi connectivity index (χ1) is 9.92. The van der Waals surface area contributed by atoms with Gasteiger partial charge < -0.3 is 10.6 Å². The van der Waals surface area contributed by atoms with Gasteiger partial charge in [0.05, 0.1) is 11.4 Å². The van der Waals surface area contributed by atoms with Crippen LogP contribution in [0.4, 0.5) is 0 Å². The van der Waals surface area contributed by atoms with Crippen molar-refractivity contribution >= 4 is 12.2 Å². The average molecular weight is 262 g/mol. The summed E-state index contributed by atoms with van der Waals surface area (Å²) < 4.78 is 0. The quantitative estimate of drug-likeness (QED) is 0.868. The van der Waals surface area contributed by atoms with Crippen LogP contribution in [0.5, 0.6) is 0 Å². The Bertz CT molecular complexity index is 555. The third-order valence-corrected chi connectivity index (χ3v) is 3.27. The van der Waals surface area contributed by atoms with E-state index in [2.05, 4.69) is 71.3 Å². The molecule has 2 aromatic carbocycles. The third-order valence-electron chi connectivity index (χ3n) is 3.27. The molecule has 0 atom stereocenters. The van der Waals surface area contributed by atoms with E-state index in [9.17, 15) is 0 Å².